The normalized spacial score (nSPS) is 12.4. The van der Waals surface area contributed by atoms with Crippen LogP contribution in [0.25, 0.3) is 0 Å². The summed E-state index contributed by atoms with van der Waals surface area (Å²) >= 11 is 0. The fraction of sp³-hybridized carbons (Fsp3) is 0.915. The Labute approximate surface area is 339 Å². The van der Waals surface area contributed by atoms with E-state index in [-0.39, 0.29) is 55.2 Å². The first kappa shape index (κ1) is 52.9. The number of ether oxygens (including phenoxy) is 4. The molecule has 0 aromatic rings. The lowest BCUT2D eigenvalue weighted by Gasteiger charge is -2.18. The van der Waals surface area contributed by atoms with E-state index in [1.165, 1.54) is 103 Å². The number of carbonyl (C=O) groups is 4. The Morgan fingerprint density at radius 1 is 0.364 bits per heavy atom. The summed E-state index contributed by atoms with van der Waals surface area (Å²) in [5, 5.41) is 0. The molecular formula is C47H88O8. The molecule has 55 heavy (non-hydrogen) atoms. The molecule has 2 atom stereocenters. The summed E-state index contributed by atoms with van der Waals surface area (Å²) in [7, 11) is 0. The van der Waals surface area contributed by atoms with Crippen LogP contribution in [-0.4, -0.2) is 49.3 Å². The van der Waals surface area contributed by atoms with Crippen LogP contribution in [0.15, 0.2) is 0 Å². The highest BCUT2D eigenvalue weighted by Gasteiger charge is 2.15. The van der Waals surface area contributed by atoms with Crippen molar-refractivity contribution >= 4 is 23.9 Å². The monoisotopic (exact) mass is 781 g/mol. The Kier molecular flexibility index (Phi) is 38.5. The molecule has 0 radical (unpaired) electrons. The third kappa shape index (κ3) is 38.5. The standard InChI is InChI=1S/C47H88O8/c1-6-9-12-15-18-19-25-32-42(5)54-46(50)37-31-24-30-36-45(49)53-40-41(4)39-52-44(48)35-28-22-23-29-38-47(51)55-43(33-26-20-16-13-10-7-2)34-27-21-17-14-11-8-3/h41-43H,6-40H2,1-5H3. The second-order valence-electron chi connectivity index (χ2n) is 16.4. The molecule has 0 aromatic heterocycles. The van der Waals surface area contributed by atoms with E-state index >= 15 is 0 Å². The van der Waals surface area contributed by atoms with Gasteiger partial charge in [-0.2, -0.15) is 0 Å². The predicted molar refractivity (Wildman–Crippen MR) is 226 cm³/mol. The lowest BCUT2D eigenvalue weighted by Crippen LogP contribution is -2.18. The summed E-state index contributed by atoms with van der Waals surface area (Å²) in [5.41, 5.74) is 0. The SMILES string of the molecule is CCCCCCCCCC(C)OC(=O)CCCCCC(=O)OCC(C)COC(=O)CCCCCCC(=O)OC(CCCCCCCC)CCCCCCCC. The van der Waals surface area contributed by atoms with Gasteiger partial charge in [0.15, 0.2) is 0 Å². The summed E-state index contributed by atoms with van der Waals surface area (Å²) in [6, 6.07) is 0. The molecule has 8 heteroatoms. The van der Waals surface area contributed by atoms with Crippen LogP contribution in [0.1, 0.15) is 247 Å². The van der Waals surface area contributed by atoms with Crippen molar-refractivity contribution in [3.05, 3.63) is 0 Å². The summed E-state index contributed by atoms with van der Waals surface area (Å²) in [4.78, 5) is 49.2. The van der Waals surface area contributed by atoms with Crippen LogP contribution in [0.2, 0.25) is 0 Å². The molecule has 0 aliphatic carbocycles. The average molecular weight is 781 g/mol. The highest BCUT2D eigenvalue weighted by atomic mass is 16.6. The molecule has 0 saturated heterocycles. The van der Waals surface area contributed by atoms with E-state index in [2.05, 4.69) is 20.8 Å². The van der Waals surface area contributed by atoms with Crippen LogP contribution in [0, 0.1) is 5.92 Å². The van der Waals surface area contributed by atoms with Crippen LogP contribution in [0.5, 0.6) is 0 Å². The largest absolute Gasteiger partial charge is 0.465 e. The molecular weight excluding hydrogens is 693 g/mol. The third-order valence-corrected chi connectivity index (χ3v) is 10.4. The van der Waals surface area contributed by atoms with E-state index in [1.807, 2.05) is 13.8 Å². The lowest BCUT2D eigenvalue weighted by molar-refractivity contribution is -0.151. The summed E-state index contributed by atoms with van der Waals surface area (Å²) in [6.45, 7) is 11.0. The van der Waals surface area contributed by atoms with Crippen molar-refractivity contribution in [2.75, 3.05) is 13.2 Å². The van der Waals surface area contributed by atoms with Crippen molar-refractivity contribution in [2.24, 2.45) is 5.92 Å². The molecule has 2 unspecified atom stereocenters. The van der Waals surface area contributed by atoms with Crippen LogP contribution < -0.4 is 0 Å². The van der Waals surface area contributed by atoms with Gasteiger partial charge in [-0.15, -0.1) is 0 Å². The number of hydrogen-bond acceptors (Lipinski definition) is 8. The Bertz CT molecular complexity index is 889. The van der Waals surface area contributed by atoms with Crippen molar-refractivity contribution in [2.45, 2.75) is 259 Å². The highest BCUT2D eigenvalue weighted by molar-refractivity contribution is 5.70. The van der Waals surface area contributed by atoms with E-state index in [1.54, 1.807) is 0 Å². The van der Waals surface area contributed by atoms with Gasteiger partial charge >= 0.3 is 23.9 Å². The molecule has 8 nitrogen and oxygen atoms in total. The summed E-state index contributed by atoms with van der Waals surface area (Å²) < 4.78 is 22.3. The molecule has 0 spiro atoms. The van der Waals surface area contributed by atoms with Crippen molar-refractivity contribution in [1.82, 2.24) is 0 Å². The number of carbonyl (C=O) groups excluding carboxylic acids is 4. The fourth-order valence-electron chi connectivity index (χ4n) is 6.81. The van der Waals surface area contributed by atoms with Crippen molar-refractivity contribution in [1.29, 1.82) is 0 Å². The van der Waals surface area contributed by atoms with E-state index in [4.69, 9.17) is 18.9 Å². The number of esters is 4. The molecule has 0 heterocycles. The van der Waals surface area contributed by atoms with Gasteiger partial charge in [-0.3, -0.25) is 19.2 Å². The Hall–Kier alpha value is -2.12. The molecule has 0 fully saturated rings. The molecule has 0 aliphatic rings. The maximum atomic E-state index is 12.6. The lowest BCUT2D eigenvalue weighted by atomic mass is 10.0. The second-order valence-corrected chi connectivity index (χ2v) is 16.4. The number of hydrogen-bond donors (Lipinski definition) is 0. The number of rotatable bonds is 41. The summed E-state index contributed by atoms with van der Waals surface area (Å²) in [6.07, 6.45) is 33.6. The Balaban J connectivity index is 3.93. The predicted octanol–water partition coefficient (Wildman–Crippen LogP) is 13.5. The van der Waals surface area contributed by atoms with Crippen molar-refractivity contribution < 1.29 is 38.1 Å². The van der Waals surface area contributed by atoms with Gasteiger partial charge in [-0.05, 0) is 71.1 Å². The minimum Gasteiger partial charge on any atom is -0.465 e. The average Bonchev–Trinajstić information content (AvgIpc) is 3.16. The molecule has 0 N–H and O–H groups in total. The van der Waals surface area contributed by atoms with Crippen LogP contribution >= 0.6 is 0 Å². The van der Waals surface area contributed by atoms with Crippen LogP contribution in [0.3, 0.4) is 0 Å². The van der Waals surface area contributed by atoms with Gasteiger partial charge in [0.1, 0.15) is 6.10 Å². The first-order valence-corrected chi connectivity index (χ1v) is 23.4. The van der Waals surface area contributed by atoms with Gasteiger partial charge in [-0.25, -0.2) is 0 Å². The Morgan fingerprint density at radius 3 is 1.09 bits per heavy atom. The first-order valence-electron chi connectivity index (χ1n) is 23.4. The summed E-state index contributed by atoms with van der Waals surface area (Å²) in [5.74, 6) is -0.816. The highest BCUT2D eigenvalue weighted by Crippen LogP contribution is 2.19. The molecule has 0 saturated carbocycles. The van der Waals surface area contributed by atoms with Gasteiger partial charge < -0.3 is 18.9 Å². The van der Waals surface area contributed by atoms with E-state index < -0.39 is 0 Å². The minimum atomic E-state index is -0.265. The van der Waals surface area contributed by atoms with E-state index in [0.29, 0.717) is 38.5 Å². The van der Waals surface area contributed by atoms with E-state index in [0.717, 1.165) is 70.6 Å². The van der Waals surface area contributed by atoms with Gasteiger partial charge in [0.2, 0.25) is 0 Å². The molecule has 0 aromatic carbocycles. The van der Waals surface area contributed by atoms with Crippen molar-refractivity contribution in [3.63, 3.8) is 0 Å². The smallest absolute Gasteiger partial charge is 0.306 e. The fourth-order valence-corrected chi connectivity index (χ4v) is 6.81. The molecule has 0 rings (SSSR count). The second kappa shape index (κ2) is 40.1. The zero-order valence-corrected chi connectivity index (χ0v) is 36.7. The van der Waals surface area contributed by atoms with Gasteiger partial charge in [0.05, 0.1) is 19.3 Å². The third-order valence-electron chi connectivity index (χ3n) is 10.4. The first-order chi connectivity index (χ1) is 26.7. The van der Waals surface area contributed by atoms with Gasteiger partial charge in [0, 0.05) is 31.6 Å². The maximum Gasteiger partial charge on any atom is 0.306 e. The van der Waals surface area contributed by atoms with Gasteiger partial charge in [0.25, 0.3) is 0 Å². The van der Waals surface area contributed by atoms with Crippen LogP contribution in [0.4, 0.5) is 0 Å². The molecule has 324 valence electrons. The zero-order chi connectivity index (χ0) is 40.6. The van der Waals surface area contributed by atoms with Crippen molar-refractivity contribution in [3.8, 4) is 0 Å². The quantitative estimate of drug-likeness (QED) is 0.0343. The molecule has 0 bridgehead atoms. The Morgan fingerprint density at radius 2 is 0.673 bits per heavy atom. The zero-order valence-electron chi connectivity index (χ0n) is 36.7. The number of unbranched alkanes of at least 4 members (excludes halogenated alkanes) is 21. The van der Waals surface area contributed by atoms with Crippen LogP contribution in [-0.2, 0) is 38.1 Å². The minimum absolute atomic E-state index is 0.0368. The van der Waals surface area contributed by atoms with E-state index in [9.17, 15) is 19.2 Å². The maximum absolute atomic E-state index is 12.6. The topological polar surface area (TPSA) is 105 Å². The van der Waals surface area contributed by atoms with Gasteiger partial charge in [-0.1, -0.05) is 150 Å². The molecule has 0 aliphatic heterocycles. The molecule has 0 amide bonds.